The molecule has 0 rings (SSSR count). The molecule has 0 spiro atoms. The minimum Gasteiger partial charge on any atom is -0.382 e. The van der Waals surface area contributed by atoms with E-state index in [1.807, 2.05) is 0 Å². The topological polar surface area (TPSA) is 9.23 Å². The van der Waals surface area contributed by atoms with Crippen molar-refractivity contribution >= 4 is 0 Å². The van der Waals surface area contributed by atoms with E-state index in [1.165, 1.54) is 12.8 Å². The van der Waals surface area contributed by atoms with Crippen molar-refractivity contribution in [2.75, 3.05) is 7.11 Å². The molecule has 0 aromatic carbocycles. The van der Waals surface area contributed by atoms with Crippen LogP contribution in [0.5, 0.6) is 0 Å². The molecular formula is C11H19O. The third-order valence-corrected chi connectivity index (χ3v) is 2.16. The molecule has 1 radical (unpaired) electrons. The SMILES string of the molecule is [C]#CCC(C)CCCC(C)OC. The fraction of sp³-hybridized carbons (Fsp3) is 0.818. The Kier molecular flexibility index (Phi) is 6.90. The second-order valence-corrected chi connectivity index (χ2v) is 3.46. The van der Waals surface area contributed by atoms with E-state index in [2.05, 4.69) is 19.8 Å². The summed E-state index contributed by atoms with van der Waals surface area (Å²) in [6.07, 6.45) is 11.5. The van der Waals surface area contributed by atoms with Gasteiger partial charge < -0.3 is 4.74 Å². The fourth-order valence-corrected chi connectivity index (χ4v) is 1.15. The summed E-state index contributed by atoms with van der Waals surface area (Å²) in [4.78, 5) is 0. The lowest BCUT2D eigenvalue weighted by Crippen LogP contribution is -2.05. The lowest BCUT2D eigenvalue weighted by molar-refractivity contribution is 0.107. The van der Waals surface area contributed by atoms with Crippen molar-refractivity contribution in [2.45, 2.75) is 45.6 Å². The maximum atomic E-state index is 6.81. The van der Waals surface area contributed by atoms with Gasteiger partial charge in [0.1, 0.15) is 0 Å². The molecule has 1 nitrogen and oxygen atoms in total. The number of methoxy groups -OCH3 is 1. The van der Waals surface area contributed by atoms with Crippen LogP contribution in [0.15, 0.2) is 0 Å². The van der Waals surface area contributed by atoms with Crippen molar-refractivity contribution in [3.8, 4) is 5.92 Å². The molecule has 12 heavy (non-hydrogen) atoms. The first-order chi connectivity index (χ1) is 5.70. The summed E-state index contributed by atoms with van der Waals surface area (Å²) in [5.74, 6) is 3.04. The quantitative estimate of drug-likeness (QED) is 0.553. The minimum atomic E-state index is 0.376. The van der Waals surface area contributed by atoms with Crippen molar-refractivity contribution in [1.82, 2.24) is 0 Å². The zero-order valence-corrected chi connectivity index (χ0v) is 8.39. The molecule has 0 aliphatic rings. The molecule has 0 bridgehead atoms. The van der Waals surface area contributed by atoms with Crippen LogP contribution in [0.3, 0.4) is 0 Å². The van der Waals surface area contributed by atoms with Gasteiger partial charge in [0.15, 0.2) is 0 Å². The zero-order valence-electron chi connectivity index (χ0n) is 8.39. The van der Waals surface area contributed by atoms with Crippen LogP contribution < -0.4 is 0 Å². The average molecular weight is 167 g/mol. The second-order valence-electron chi connectivity index (χ2n) is 3.46. The Labute approximate surface area is 76.5 Å². The van der Waals surface area contributed by atoms with Crippen LogP contribution in [0.2, 0.25) is 0 Å². The highest BCUT2D eigenvalue weighted by atomic mass is 16.5. The molecule has 0 fully saturated rings. The monoisotopic (exact) mass is 167 g/mol. The zero-order chi connectivity index (χ0) is 9.40. The van der Waals surface area contributed by atoms with Gasteiger partial charge in [-0.1, -0.05) is 19.3 Å². The van der Waals surface area contributed by atoms with Gasteiger partial charge in [0.25, 0.3) is 0 Å². The van der Waals surface area contributed by atoms with Gasteiger partial charge in [-0.15, -0.1) is 0 Å². The van der Waals surface area contributed by atoms with E-state index in [-0.39, 0.29) is 0 Å². The molecule has 2 unspecified atom stereocenters. The molecule has 0 heterocycles. The van der Waals surface area contributed by atoms with E-state index in [1.54, 1.807) is 7.11 Å². The van der Waals surface area contributed by atoms with Gasteiger partial charge in [-0.05, 0) is 32.1 Å². The average Bonchev–Trinajstić information content (AvgIpc) is 2.04. The Hall–Kier alpha value is -0.480. The smallest absolute Gasteiger partial charge is 0.0543 e. The van der Waals surface area contributed by atoms with Crippen LogP contribution in [0.1, 0.15) is 39.5 Å². The highest BCUT2D eigenvalue weighted by Gasteiger charge is 2.02. The molecule has 0 aliphatic carbocycles. The Bertz CT molecular complexity index is 134. The summed E-state index contributed by atoms with van der Waals surface area (Å²) in [5.41, 5.74) is 0. The highest BCUT2D eigenvalue weighted by molar-refractivity contribution is 4.78. The summed E-state index contributed by atoms with van der Waals surface area (Å²) in [5, 5.41) is 0. The van der Waals surface area contributed by atoms with Crippen LogP contribution >= 0.6 is 0 Å². The molecule has 1 heteroatoms. The van der Waals surface area contributed by atoms with Gasteiger partial charge in [-0.25, -0.2) is 0 Å². The van der Waals surface area contributed by atoms with E-state index in [9.17, 15) is 0 Å². The first-order valence-electron chi connectivity index (χ1n) is 4.63. The molecule has 0 amide bonds. The van der Waals surface area contributed by atoms with Crippen molar-refractivity contribution in [1.29, 1.82) is 0 Å². The maximum Gasteiger partial charge on any atom is 0.0543 e. The third-order valence-electron chi connectivity index (χ3n) is 2.16. The molecule has 0 N–H and O–H groups in total. The van der Waals surface area contributed by atoms with E-state index in [0.717, 1.165) is 12.8 Å². The summed E-state index contributed by atoms with van der Waals surface area (Å²) in [6.45, 7) is 4.26. The molecule has 2 atom stereocenters. The molecule has 0 aliphatic heterocycles. The molecule has 0 aromatic heterocycles. The largest absolute Gasteiger partial charge is 0.382 e. The fourth-order valence-electron chi connectivity index (χ4n) is 1.15. The van der Waals surface area contributed by atoms with Crippen molar-refractivity contribution in [2.24, 2.45) is 5.92 Å². The molecule has 69 valence electrons. The number of hydrogen-bond donors (Lipinski definition) is 0. The molecule has 0 saturated carbocycles. The van der Waals surface area contributed by atoms with Gasteiger partial charge in [-0.2, -0.15) is 0 Å². The van der Waals surface area contributed by atoms with Gasteiger partial charge in [0.05, 0.1) is 6.10 Å². The van der Waals surface area contributed by atoms with Crippen molar-refractivity contribution in [3.05, 3.63) is 6.42 Å². The van der Waals surface area contributed by atoms with Crippen LogP contribution in [0.4, 0.5) is 0 Å². The lowest BCUT2D eigenvalue weighted by atomic mass is 10.00. The summed E-state index contributed by atoms with van der Waals surface area (Å²) in [7, 11) is 1.75. The first kappa shape index (κ1) is 11.5. The van der Waals surface area contributed by atoms with Crippen molar-refractivity contribution in [3.63, 3.8) is 0 Å². The van der Waals surface area contributed by atoms with E-state index >= 15 is 0 Å². The van der Waals surface area contributed by atoms with E-state index in [4.69, 9.17) is 11.2 Å². The summed E-state index contributed by atoms with van der Waals surface area (Å²) < 4.78 is 5.14. The molecular weight excluding hydrogens is 148 g/mol. The van der Waals surface area contributed by atoms with E-state index in [0.29, 0.717) is 12.0 Å². The molecule has 0 aromatic rings. The van der Waals surface area contributed by atoms with Gasteiger partial charge in [-0.3, -0.25) is 0 Å². The van der Waals surface area contributed by atoms with Crippen LogP contribution in [0.25, 0.3) is 0 Å². The van der Waals surface area contributed by atoms with Crippen LogP contribution in [0, 0.1) is 18.3 Å². The highest BCUT2D eigenvalue weighted by Crippen LogP contribution is 2.12. The molecule has 0 saturated heterocycles. The number of rotatable bonds is 6. The number of ether oxygens (including phenoxy) is 1. The van der Waals surface area contributed by atoms with Gasteiger partial charge in [0.2, 0.25) is 0 Å². The Morgan fingerprint density at radius 3 is 2.50 bits per heavy atom. The van der Waals surface area contributed by atoms with Crippen LogP contribution in [-0.2, 0) is 4.74 Å². The van der Waals surface area contributed by atoms with E-state index < -0.39 is 0 Å². The van der Waals surface area contributed by atoms with Gasteiger partial charge in [0, 0.05) is 13.5 Å². The third kappa shape index (κ3) is 6.24. The van der Waals surface area contributed by atoms with Crippen LogP contribution in [-0.4, -0.2) is 13.2 Å². The Morgan fingerprint density at radius 1 is 1.33 bits per heavy atom. The minimum absolute atomic E-state index is 0.376. The number of hydrogen-bond acceptors (Lipinski definition) is 1. The second kappa shape index (κ2) is 7.18. The van der Waals surface area contributed by atoms with Crippen molar-refractivity contribution < 1.29 is 4.74 Å². The predicted octanol–water partition coefficient (Wildman–Crippen LogP) is 2.81. The predicted molar refractivity (Wildman–Crippen MR) is 51.2 cm³/mol. The Morgan fingerprint density at radius 2 is 2.00 bits per heavy atom. The van der Waals surface area contributed by atoms with Gasteiger partial charge >= 0.3 is 0 Å². The Balaban J connectivity index is 3.25. The summed E-state index contributed by atoms with van der Waals surface area (Å²) in [6, 6.07) is 0. The standard InChI is InChI=1S/C11H19O/c1-5-7-10(2)8-6-9-11(3)12-4/h10-11H,6-9H2,2-4H3. The lowest BCUT2D eigenvalue weighted by Gasteiger charge is -2.10. The summed E-state index contributed by atoms with van der Waals surface area (Å²) >= 11 is 0. The maximum absolute atomic E-state index is 6.81. The first-order valence-corrected chi connectivity index (χ1v) is 4.63. The normalized spacial score (nSPS) is 15.2.